The molecule has 0 aliphatic rings. The number of pyridine rings is 1. The van der Waals surface area contributed by atoms with Gasteiger partial charge in [0.1, 0.15) is 0 Å². The van der Waals surface area contributed by atoms with E-state index in [-0.39, 0.29) is 18.0 Å². The Morgan fingerprint density at radius 3 is 3.15 bits per heavy atom. The van der Waals surface area contributed by atoms with Crippen LogP contribution in [0.1, 0.15) is 17.4 Å². The van der Waals surface area contributed by atoms with Crippen LogP contribution in [-0.4, -0.2) is 27.3 Å². The van der Waals surface area contributed by atoms with Gasteiger partial charge in [-0.05, 0) is 24.4 Å². The zero-order valence-corrected chi connectivity index (χ0v) is 11.6. The molecule has 7 heteroatoms. The lowest BCUT2D eigenvalue weighted by molar-refractivity contribution is 0.0520. The first kappa shape index (κ1) is 12.6. The van der Waals surface area contributed by atoms with Crippen molar-refractivity contribution in [2.24, 2.45) is 0 Å². The fourth-order valence-electron chi connectivity index (χ4n) is 1.92. The molecule has 3 aromatic rings. The maximum atomic E-state index is 11.7. The van der Waals surface area contributed by atoms with Crippen molar-refractivity contribution in [3.05, 3.63) is 35.6 Å². The van der Waals surface area contributed by atoms with Crippen LogP contribution in [0.3, 0.4) is 0 Å². The second-order valence-electron chi connectivity index (χ2n) is 4.07. The van der Waals surface area contributed by atoms with Gasteiger partial charge in [-0.15, -0.1) is 11.3 Å². The molecule has 0 radical (unpaired) electrons. The lowest BCUT2D eigenvalue weighted by Gasteiger charge is -2.01. The van der Waals surface area contributed by atoms with Gasteiger partial charge >= 0.3 is 5.97 Å². The summed E-state index contributed by atoms with van der Waals surface area (Å²) < 4.78 is 7.53. The van der Waals surface area contributed by atoms with E-state index in [1.807, 2.05) is 17.5 Å². The number of hydrogen-bond acceptors (Lipinski definition) is 6. The minimum atomic E-state index is -0.527. The third-order valence-corrected chi connectivity index (χ3v) is 3.67. The van der Waals surface area contributed by atoms with Crippen molar-refractivity contribution in [3.63, 3.8) is 0 Å². The molecule has 0 saturated heterocycles. The fraction of sp³-hybridized carbons (Fsp3) is 0.154. The van der Waals surface area contributed by atoms with E-state index >= 15 is 0 Å². The molecule has 0 atom stereocenters. The number of carbonyl (C=O) groups is 1. The molecule has 0 amide bonds. The summed E-state index contributed by atoms with van der Waals surface area (Å²) in [5, 5.41) is 7.14. The van der Waals surface area contributed by atoms with Crippen LogP contribution in [0.4, 0.5) is 5.69 Å². The number of nitrogen functional groups attached to an aromatic ring is 1. The van der Waals surface area contributed by atoms with Crippen LogP contribution in [0.15, 0.2) is 29.9 Å². The van der Waals surface area contributed by atoms with Gasteiger partial charge < -0.3 is 10.5 Å². The first-order valence-electron chi connectivity index (χ1n) is 6.05. The largest absolute Gasteiger partial charge is 0.461 e. The number of ether oxygens (including phenoxy) is 1. The molecule has 6 nitrogen and oxygen atoms in total. The van der Waals surface area contributed by atoms with Gasteiger partial charge in [0.15, 0.2) is 11.5 Å². The Morgan fingerprint density at radius 1 is 1.50 bits per heavy atom. The molecule has 0 saturated carbocycles. The van der Waals surface area contributed by atoms with E-state index < -0.39 is 5.97 Å². The molecule has 0 aromatic carbocycles. The number of thiophene rings is 1. The number of nitrogens with two attached hydrogens (primary N) is 1. The predicted molar refractivity (Wildman–Crippen MR) is 77.1 cm³/mol. The number of aromatic nitrogens is 3. The van der Waals surface area contributed by atoms with Crippen LogP contribution in [0.2, 0.25) is 0 Å². The molecular formula is C13H12N4O2S. The first-order valence-corrected chi connectivity index (χ1v) is 6.93. The normalized spacial score (nSPS) is 10.8. The van der Waals surface area contributed by atoms with Crippen LogP contribution in [0.25, 0.3) is 15.9 Å². The second kappa shape index (κ2) is 4.93. The third-order valence-electron chi connectivity index (χ3n) is 2.79. The summed E-state index contributed by atoms with van der Waals surface area (Å²) in [4.78, 5) is 16.0. The summed E-state index contributed by atoms with van der Waals surface area (Å²) >= 11 is 1.62. The van der Waals surface area contributed by atoms with Gasteiger partial charge in [-0.3, -0.25) is 0 Å². The van der Waals surface area contributed by atoms with E-state index in [0.29, 0.717) is 5.82 Å². The first-order chi connectivity index (χ1) is 9.70. The summed E-state index contributed by atoms with van der Waals surface area (Å²) in [6.45, 7) is 2.02. The molecule has 0 aliphatic heterocycles. The highest BCUT2D eigenvalue weighted by Crippen LogP contribution is 2.25. The minimum absolute atomic E-state index is 0.112. The summed E-state index contributed by atoms with van der Waals surface area (Å²) in [6, 6.07) is 3.90. The average Bonchev–Trinajstić information content (AvgIpc) is 3.04. The van der Waals surface area contributed by atoms with Gasteiger partial charge in [-0.25, -0.2) is 14.5 Å². The molecule has 2 N–H and O–H groups in total. The minimum Gasteiger partial charge on any atom is -0.461 e. The Hall–Kier alpha value is -2.41. The van der Waals surface area contributed by atoms with Crippen LogP contribution < -0.4 is 5.73 Å². The molecule has 20 heavy (non-hydrogen) atoms. The van der Waals surface area contributed by atoms with Crippen molar-refractivity contribution in [3.8, 4) is 5.82 Å². The zero-order valence-electron chi connectivity index (χ0n) is 10.7. The smallest absolute Gasteiger partial charge is 0.361 e. The SMILES string of the molecule is CCOC(=O)c1nn(-c2nccc3sccc23)cc1N. The number of anilines is 1. The Bertz CT molecular complexity index is 778. The van der Waals surface area contributed by atoms with Crippen molar-refractivity contribution < 1.29 is 9.53 Å². The number of carbonyl (C=O) groups excluding carboxylic acids is 1. The standard InChI is InChI=1S/C13H12N4O2S/c1-2-19-13(18)11-9(14)7-17(16-11)12-8-4-6-20-10(8)3-5-15-12/h3-7H,2,14H2,1H3. The van der Waals surface area contributed by atoms with E-state index in [1.165, 1.54) is 4.68 Å². The molecule has 3 aromatic heterocycles. The molecule has 0 fully saturated rings. The Morgan fingerprint density at radius 2 is 2.35 bits per heavy atom. The number of hydrogen-bond donors (Lipinski definition) is 1. The van der Waals surface area contributed by atoms with E-state index in [4.69, 9.17) is 10.5 Å². The van der Waals surface area contributed by atoms with Crippen molar-refractivity contribution in [1.29, 1.82) is 0 Å². The summed E-state index contributed by atoms with van der Waals surface area (Å²) in [5.41, 5.74) is 6.21. The third kappa shape index (κ3) is 2.01. The van der Waals surface area contributed by atoms with Gasteiger partial charge in [0, 0.05) is 16.3 Å². The lowest BCUT2D eigenvalue weighted by atomic mass is 10.3. The topological polar surface area (TPSA) is 83.0 Å². The average molecular weight is 288 g/mol. The van der Waals surface area contributed by atoms with Crippen LogP contribution in [0.5, 0.6) is 0 Å². The monoisotopic (exact) mass is 288 g/mol. The molecule has 0 aliphatic carbocycles. The van der Waals surface area contributed by atoms with Crippen molar-refractivity contribution in [1.82, 2.24) is 14.8 Å². The number of nitrogens with zero attached hydrogens (tertiary/aromatic N) is 3. The van der Waals surface area contributed by atoms with Gasteiger partial charge in [0.2, 0.25) is 0 Å². The van der Waals surface area contributed by atoms with E-state index in [2.05, 4.69) is 10.1 Å². The molecule has 3 rings (SSSR count). The van der Waals surface area contributed by atoms with E-state index in [1.54, 1.807) is 30.7 Å². The van der Waals surface area contributed by atoms with Crippen molar-refractivity contribution in [2.45, 2.75) is 6.92 Å². The fourth-order valence-corrected chi connectivity index (χ4v) is 2.69. The maximum absolute atomic E-state index is 11.7. The second-order valence-corrected chi connectivity index (χ2v) is 5.01. The van der Waals surface area contributed by atoms with Crippen LogP contribution in [0, 0.1) is 0 Å². The predicted octanol–water partition coefficient (Wildman–Crippen LogP) is 2.24. The van der Waals surface area contributed by atoms with Crippen LogP contribution in [-0.2, 0) is 4.74 Å². The van der Waals surface area contributed by atoms with Gasteiger partial charge in [-0.1, -0.05) is 0 Å². The quantitative estimate of drug-likeness (QED) is 0.747. The molecule has 0 spiro atoms. The highest BCUT2D eigenvalue weighted by atomic mass is 32.1. The van der Waals surface area contributed by atoms with E-state index in [9.17, 15) is 4.79 Å². The maximum Gasteiger partial charge on any atom is 0.361 e. The van der Waals surface area contributed by atoms with Crippen molar-refractivity contribution >= 4 is 33.1 Å². The highest BCUT2D eigenvalue weighted by molar-refractivity contribution is 7.17. The Balaban J connectivity index is 2.09. The highest BCUT2D eigenvalue weighted by Gasteiger charge is 2.18. The van der Waals surface area contributed by atoms with Crippen LogP contribution >= 0.6 is 11.3 Å². The molecule has 3 heterocycles. The van der Waals surface area contributed by atoms with Gasteiger partial charge in [-0.2, -0.15) is 5.10 Å². The molecule has 102 valence electrons. The van der Waals surface area contributed by atoms with E-state index in [0.717, 1.165) is 10.1 Å². The Labute approximate surface area is 118 Å². The zero-order chi connectivity index (χ0) is 14.1. The number of rotatable bonds is 3. The number of esters is 1. The Kier molecular flexibility index (Phi) is 3.11. The van der Waals surface area contributed by atoms with Crippen molar-refractivity contribution in [2.75, 3.05) is 12.3 Å². The number of fused-ring (bicyclic) bond motifs is 1. The summed E-state index contributed by atoms with van der Waals surface area (Å²) in [6.07, 6.45) is 3.28. The summed E-state index contributed by atoms with van der Waals surface area (Å²) in [5.74, 6) is 0.118. The summed E-state index contributed by atoms with van der Waals surface area (Å²) in [7, 11) is 0. The lowest BCUT2D eigenvalue weighted by Crippen LogP contribution is -2.08. The van der Waals surface area contributed by atoms with Gasteiger partial charge in [0.05, 0.1) is 18.5 Å². The molecule has 0 unspecified atom stereocenters. The van der Waals surface area contributed by atoms with Gasteiger partial charge in [0.25, 0.3) is 0 Å². The molecular weight excluding hydrogens is 276 g/mol. The molecule has 0 bridgehead atoms.